The summed E-state index contributed by atoms with van der Waals surface area (Å²) in [5, 5.41) is 2.03. The SMILES string of the molecule is CC(N)c1cnc(-c2cc(Br)cs2)[nH]1. The number of nitrogens with zero attached hydrogens (tertiary/aromatic N) is 1. The van der Waals surface area contributed by atoms with Crippen LogP contribution in [-0.4, -0.2) is 9.97 Å². The summed E-state index contributed by atoms with van der Waals surface area (Å²) in [7, 11) is 0. The lowest BCUT2D eigenvalue weighted by Crippen LogP contribution is -2.04. The molecule has 3 nitrogen and oxygen atoms in total. The third kappa shape index (κ3) is 1.89. The van der Waals surface area contributed by atoms with Crippen molar-refractivity contribution in [3.8, 4) is 10.7 Å². The molecule has 0 aliphatic rings. The Bertz CT molecular complexity index is 433. The molecule has 0 amide bonds. The van der Waals surface area contributed by atoms with E-state index in [1.54, 1.807) is 17.5 Å². The molecule has 2 aromatic heterocycles. The van der Waals surface area contributed by atoms with Crippen LogP contribution in [0.1, 0.15) is 18.7 Å². The molecule has 0 radical (unpaired) electrons. The van der Waals surface area contributed by atoms with Crippen LogP contribution in [0, 0.1) is 0 Å². The average molecular weight is 272 g/mol. The Morgan fingerprint density at radius 2 is 2.43 bits per heavy atom. The van der Waals surface area contributed by atoms with Crippen molar-refractivity contribution in [3.05, 3.63) is 27.8 Å². The third-order valence-electron chi connectivity index (χ3n) is 1.89. The summed E-state index contributed by atoms with van der Waals surface area (Å²) in [5.41, 5.74) is 6.70. The number of hydrogen-bond acceptors (Lipinski definition) is 3. The number of imidazole rings is 1. The van der Waals surface area contributed by atoms with Gasteiger partial charge in [0.2, 0.25) is 0 Å². The number of thiophene rings is 1. The molecule has 2 aromatic rings. The fraction of sp³-hybridized carbons (Fsp3) is 0.222. The second-order valence-electron chi connectivity index (χ2n) is 3.10. The predicted molar refractivity (Wildman–Crippen MR) is 62.2 cm³/mol. The second kappa shape index (κ2) is 3.84. The highest BCUT2D eigenvalue weighted by Gasteiger charge is 2.07. The van der Waals surface area contributed by atoms with E-state index in [0.717, 1.165) is 20.9 Å². The molecule has 1 atom stereocenters. The fourth-order valence-electron chi connectivity index (χ4n) is 1.13. The van der Waals surface area contributed by atoms with Crippen LogP contribution in [0.3, 0.4) is 0 Å². The molecule has 0 saturated carbocycles. The molecule has 0 aliphatic heterocycles. The van der Waals surface area contributed by atoms with Gasteiger partial charge in [-0.25, -0.2) is 4.98 Å². The van der Waals surface area contributed by atoms with Gasteiger partial charge in [0.1, 0.15) is 5.82 Å². The molecule has 1 unspecified atom stereocenters. The first-order chi connectivity index (χ1) is 6.66. The van der Waals surface area contributed by atoms with E-state index < -0.39 is 0 Å². The number of aromatic nitrogens is 2. The lowest BCUT2D eigenvalue weighted by Gasteiger charge is -1.98. The third-order valence-corrected chi connectivity index (χ3v) is 3.58. The van der Waals surface area contributed by atoms with Crippen LogP contribution >= 0.6 is 27.3 Å². The Balaban J connectivity index is 2.33. The summed E-state index contributed by atoms with van der Waals surface area (Å²) < 4.78 is 1.08. The first-order valence-corrected chi connectivity index (χ1v) is 5.89. The number of nitrogens with two attached hydrogens (primary N) is 1. The van der Waals surface area contributed by atoms with Crippen molar-refractivity contribution in [1.82, 2.24) is 9.97 Å². The van der Waals surface area contributed by atoms with Gasteiger partial charge in [-0.1, -0.05) is 0 Å². The second-order valence-corrected chi connectivity index (χ2v) is 4.93. The summed E-state index contributed by atoms with van der Waals surface area (Å²) in [4.78, 5) is 8.59. The molecule has 74 valence electrons. The Labute approximate surface area is 94.5 Å². The van der Waals surface area contributed by atoms with Crippen LogP contribution in [0.4, 0.5) is 0 Å². The van der Waals surface area contributed by atoms with E-state index in [9.17, 15) is 0 Å². The van der Waals surface area contributed by atoms with Crippen molar-refractivity contribution >= 4 is 27.3 Å². The minimum Gasteiger partial charge on any atom is -0.340 e. The molecule has 0 aliphatic carbocycles. The summed E-state index contributed by atoms with van der Waals surface area (Å²) in [6, 6.07) is 2.04. The van der Waals surface area contributed by atoms with E-state index in [1.807, 2.05) is 18.4 Å². The molecule has 14 heavy (non-hydrogen) atoms. The lowest BCUT2D eigenvalue weighted by atomic mass is 10.3. The van der Waals surface area contributed by atoms with Gasteiger partial charge in [-0.05, 0) is 28.9 Å². The average Bonchev–Trinajstić information content (AvgIpc) is 2.70. The first-order valence-electron chi connectivity index (χ1n) is 4.21. The van der Waals surface area contributed by atoms with Crippen LogP contribution in [0.2, 0.25) is 0 Å². The summed E-state index contributed by atoms with van der Waals surface area (Å²) in [5.74, 6) is 0.882. The van der Waals surface area contributed by atoms with Gasteiger partial charge < -0.3 is 10.7 Å². The van der Waals surface area contributed by atoms with Gasteiger partial charge in [0.25, 0.3) is 0 Å². The van der Waals surface area contributed by atoms with Crippen LogP contribution in [0.5, 0.6) is 0 Å². The molecule has 0 bridgehead atoms. The summed E-state index contributed by atoms with van der Waals surface area (Å²) >= 11 is 5.06. The highest BCUT2D eigenvalue weighted by atomic mass is 79.9. The van der Waals surface area contributed by atoms with Crippen molar-refractivity contribution in [1.29, 1.82) is 0 Å². The Morgan fingerprint density at radius 3 is 2.93 bits per heavy atom. The van der Waals surface area contributed by atoms with Crippen molar-refractivity contribution in [2.75, 3.05) is 0 Å². The summed E-state index contributed by atoms with van der Waals surface area (Å²) in [6.45, 7) is 1.93. The zero-order valence-electron chi connectivity index (χ0n) is 7.62. The molecule has 3 N–H and O–H groups in total. The molecule has 2 rings (SSSR count). The molecule has 0 spiro atoms. The number of aromatic amines is 1. The molecule has 0 aromatic carbocycles. The normalized spacial score (nSPS) is 13.1. The first kappa shape index (κ1) is 9.89. The standard InChI is InChI=1S/C9H10BrN3S/c1-5(11)7-3-12-9(13-7)8-2-6(10)4-14-8/h2-5H,11H2,1H3,(H,12,13). The van der Waals surface area contributed by atoms with Gasteiger partial charge in [-0.3, -0.25) is 0 Å². The predicted octanol–water partition coefficient (Wildman–Crippen LogP) is 2.92. The van der Waals surface area contributed by atoms with Crippen LogP contribution in [0.15, 0.2) is 22.1 Å². The molecule has 0 saturated heterocycles. The maximum absolute atomic E-state index is 5.73. The maximum atomic E-state index is 5.73. The van der Waals surface area contributed by atoms with E-state index >= 15 is 0 Å². The van der Waals surface area contributed by atoms with E-state index in [4.69, 9.17) is 5.73 Å². The van der Waals surface area contributed by atoms with Gasteiger partial charge >= 0.3 is 0 Å². The van der Waals surface area contributed by atoms with Gasteiger partial charge in [0.05, 0.1) is 16.8 Å². The van der Waals surface area contributed by atoms with E-state index in [2.05, 4.69) is 25.9 Å². The zero-order valence-corrected chi connectivity index (χ0v) is 10.0. The Kier molecular flexibility index (Phi) is 2.71. The fourth-order valence-corrected chi connectivity index (χ4v) is 2.51. The van der Waals surface area contributed by atoms with Crippen molar-refractivity contribution in [2.24, 2.45) is 5.73 Å². The number of rotatable bonds is 2. The molecular weight excluding hydrogens is 262 g/mol. The maximum Gasteiger partial charge on any atom is 0.147 e. The number of H-pyrrole nitrogens is 1. The highest BCUT2D eigenvalue weighted by Crippen LogP contribution is 2.28. The Hall–Kier alpha value is -0.650. The smallest absolute Gasteiger partial charge is 0.147 e. The van der Waals surface area contributed by atoms with Gasteiger partial charge in [-0.15, -0.1) is 11.3 Å². The van der Waals surface area contributed by atoms with E-state index in [-0.39, 0.29) is 6.04 Å². The van der Waals surface area contributed by atoms with Crippen LogP contribution in [0.25, 0.3) is 10.7 Å². The topological polar surface area (TPSA) is 54.7 Å². The number of hydrogen-bond donors (Lipinski definition) is 2. The van der Waals surface area contributed by atoms with Gasteiger partial charge in [0.15, 0.2) is 0 Å². The molecule has 0 fully saturated rings. The minimum atomic E-state index is -0.000321. The van der Waals surface area contributed by atoms with Crippen LogP contribution < -0.4 is 5.73 Å². The number of halogens is 1. The lowest BCUT2D eigenvalue weighted by molar-refractivity contribution is 0.789. The van der Waals surface area contributed by atoms with Crippen LogP contribution in [-0.2, 0) is 0 Å². The van der Waals surface area contributed by atoms with Crippen molar-refractivity contribution in [3.63, 3.8) is 0 Å². The summed E-state index contributed by atoms with van der Waals surface area (Å²) in [6.07, 6.45) is 1.79. The largest absolute Gasteiger partial charge is 0.340 e. The minimum absolute atomic E-state index is 0.000321. The molecule has 5 heteroatoms. The van der Waals surface area contributed by atoms with Crippen molar-refractivity contribution < 1.29 is 0 Å². The zero-order chi connectivity index (χ0) is 10.1. The monoisotopic (exact) mass is 271 g/mol. The van der Waals surface area contributed by atoms with Gasteiger partial charge in [-0.2, -0.15) is 0 Å². The Morgan fingerprint density at radius 1 is 1.64 bits per heavy atom. The van der Waals surface area contributed by atoms with Gasteiger partial charge in [0, 0.05) is 15.9 Å². The van der Waals surface area contributed by atoms with E-state index in [1.165, 1.54) is 0 Å². The van der Waals surface area contributed by atoms with E-state index in [0.29, 0.717) is 0 Å². The molecular formula is C9H10BrN3S. The number of nitrogens with one attached hydrogen (secondary N) is 1. The highest BCUT2D eigenvalue weighted by molar-refractivity contribution is 9.10. The quantitative estimate of drug-likeness (QED) is 0.883. The van der Waals surface area contributed by atoms with Crippen molar-refractivity contribution in [2.45, 2.75) is 13.0 Å². The molecule has 2 heterocycles.